The monoisotopic (exact) mass is 392 g/mol. The molecule has 8 heteroatoms. The van der Waals surface area contributed by atoms with Gasteiger partial charge in [0.1, 0.15) is 29.2 Å². The first kappa shape index (κ1) is 18.5. The van der Waals surface area contributed by atoms with E-state index in [2.05, 4.69) is 20.3 Å². The van der Waals surface area contributed by atoms with Gasteiger partial charge in [-0.3, -0.25) is 4.98 Å². The fourth-order valence-electron chi connectivity index (χ4n) is 3.30. The van der Waals surface area contributed by atoms with Gasteiger partial charge in [0.15, 0.2) is 11.6 Å². The zero-order valence-corrected chi connectivity index (χ0v) is 15.5. The summed E-state index contributed by atoms with van der Waals surface area (Å²) in [6, 6.07) is 10.5. The van der Waals surface area contributed by atoms with Crippen LogP contribution in [-0.4, -0.2) is 15.0 Å². The van der Waals surface area contributed by atoms with E-state index >= 15 is 0 Å². The van der Waals surface area contributed by atoms with Crippen molar-refractivity contribution in [1.82, 2.24) is 15.0 Å². The maximum atomic E-state index is 14.3. The summed E-state index contributed by atoms with van der Waals surface area (Å²) in [6.45, 7) is 1.88. The number of nitrogens with one attached hydrogen (secondary N) is 1. The maximum absolute atomic E-state index is 14.3. The average Bonchev–Trinajstić information content (AvgIpc) is 2.71. The molecular weight excluding hydrogens is 374 g/mol. The second-order valence-corrected chi connectivity index (χ2v) is 6.62. The van der Waals surface area contributed by atoms with Gasteiger partial charge in [0.25, 0.3) is 0 Å². The Morgan fingerprint density at radius 3 is 2.59 bits per heavy atom. The van der Waals surface area contributed by atoms with Gasteiger partial charge in [-0.1, -0.05) is 24.3 Å². The number of nitrogen functional groups attached to an aromatic ring is 2. The van der Waals surface area contributed by atoms with Gasteiger partial charge in [-0.25, -0.2) is 18.7 Å². The summed E-state index contributed by atoms with van der Waals surface area (Å²) in [7, 11) is 0. The highest BCUT2D eigenvalue weighted by molar-refractivity contribution is 5.96. The van der Waals surface area contributed by atoms with E-state index < -0.39 is 5.82 Å². The molecule has 6 nitrogen and oxygen atoms in total. The molecule has 0 aliphatic rings. The van der Waals surface area contributed by atoms with Gasteiger partial charge in [-0.15, -0.1) is 0 Å². The molecule has 0 aliphatic heterocycles. The Morgan fingerprint density at radius 1 is 1.00 bits per heavy atom. The van der Waals surface area contributed by atoms with E-state index in [9.17, 15) is 8.78 Å². The number of nitrogens with zero attached hydrogens (tertiary/aromatic N) is 3. The van der Waals surface area contributed by atoms with E-state index in [1.807, 2.05) is 6.92 Å². The molecule has 2 aromatic carbocycles. The highest BCUT2D eigenvalue weighted by Gasteiger charge is 2.19. The lowest BCUT2D eigenvalue weighted by atomic mass is 9.93. The van der Waals surface area contributed by atoms with Crippen LogP contribution in [0.25, 0.3) is 22.0 Å². The second-order valence-electron chi connectivity index (χ2n) is 6.62. The van der Waals surface area contributed by atoms with Crippen LogP contribution in [0.3, 0.4) is 0 Å². The third-order valence-electron chi connectivity index (χ3n) is 4.73. The standard InChI is InChI=1S/C21H18F2N6/c1-11(29-21-18(24)20(25)27-10-28-21)15-9-26-19-14(6-3-7-16(19)23)17(15)12-4-2-5-13(22)8-12/h2-11H,24H2,1H3,(H3,25,27,28,29)/t11-/m1/s1. The Kier molecular flexibility index (Phi) is 4.67. The van der Waals surface area contributed by atoms with Crippen molar-refractivity contribution in [3.8, 4) is 11.1 Å². The molecule has 0 saturated heterocycles. The van der Waals surface area contributed by atoms with Crippen LogP contribution in [0.5, 0.6) is 0 Å². The van der Waals surface area contributed by atoms with Crippen molar-refractivity contribution in [2.24, 2.45) is 0 Å². The minimum Gasteiger partial charge on any atom is -0.393 e. The van der Waals surface area contributed by atoms with Gasteiger partial charge in [-0.05, 0) is 36.2 Å². The number of pyridine rings is 1. The van der Waals surface area contributed by atoms with Gasteiger partial charge in [0.05, 0.1) is 6.04 Å². The summed E-state index contributed by atoms with van der Waals surface area (Å²) in [4.78, 5) is 12.3. The molecule has 146 valence electrons. The number of anilines is 3. The number of nitrogens with two attached hydrogens (primary N) is 2. The summed E-state index contributed by atoms with van der Waals surface area (Å²) >= 11 is 0. The Bertz CT molecular complexity index is 1210. The lowest BCUT2D eigenvalue weighted by molar-refractivity contribution is 0.628. The van der Waals surface area contributed by atoms with Gasteiger partial charge in [-0.2, -0.15) is 0 Å². The lowest BCUT2D eigenvalue weighted by Gasteiger charge is -2.21. The van der Waals surface area contributed by atoms with E-state index in [4.69, 9.17) is 11.5 Å². The van der Waals surface area contributed by atoms with Gasteiger partial charge >= 0.3 is 0 Å². The van der Waals surface area contributed by atoms with Crippen molar-refractivity contribution in [3.63, 3.8) is 0 Å². The summed E-state index contributed by atoms with van der Waals surface area (Å²) in [5.74, 6) is -0.295. The number of fused-ring (bicyclic) bond motifs is 1. The molecule has 4 rings (SSSR count). The van der Waals surface area contributed by atoms with Crippen LogP contribution in [0, 0.1) is 11.6 Å². The number of hydrogen-bond donors (Lipinski definition) is 3. The average molecular weight is 392 g/mol. The molecule has 0 saturated carbocycles. The third kappa shape index (κ3) is 3.40. The fraction of sp³-hybridized carbons (Fsp3) is 0.0952. The number of para-hydroxylation sites is 1. The molecule has 0 unspecified atom stereocenters. The van der Waals surface area contributed by atoms with Crippen molar-refractivity contribution in [2.45, 2.75) is 13.0 Å². The summed E-state index contributed by atoms with van der Waals surface area (Å²) < 4.78 is 28.3. The van der Waals surface area contributed by atoms with Crippen LogP contribution in [-0.2, 0) is 0 Å². The topological polar surface area (TPSA) is 103 Å². The first-order chi connectivity index (χ1) is 14.0. The first-order valence-corrected chi connectivity index (χ1v) is 8.91. The molecule has 0 aliphatic carbocycles. The summed E-state index contributed by atoms with van der Waals surface area (Å²) in [5.41, 5.74) is 14.2. The Hall–Kier alpha value is -3.81. The maximum Gasteiger partial charge on any atom is 0.155 e. The largest absolute Gasteiger partial charge is 0.393 e. The van der Waals surface area contributed by atoms with E-state index in [1.54, 1.807) is 30.5 Å². The van der Waals surface area contributed by atoms with E-state index in [-0.39, 0.29) is 28.9 Å². The lowest BCUT2D eigenvalue weighted by Crippen LogP contribution is -2.13. The van der Waals surface area contributed by atoms with Crippen molar-refractivity contribution in [2.75, 3.05) is 16.8 Å². The number of benzene rings is 2. The highest BCUT2D eigenvalue weighted by atomic mass is 19.1. The van der Waals surface area contributed by atoms with Crippen LogP contribution < -0.4 is 16.8 Å². The fourth-order valence-corrected chi connectivity index (χ4v) is 3.30. The molecule has 0 fully saturated rings. The zero-order valence-electron chi connectivity index (χ0n) is 15.5. The van der Waals surface area contributed by atoms with E-state index in [0.29, 0.717) is 22.3 Å². The predicted octanol–water partition coefficient (Wildman–Crippen LogP) is 4.31. The quantitative estimate of drug-likeness (QED) is 0.478. The summed E-state index contributed by atoms with van der Waals surface area (Å²) in [5, 5.41) is 3.77. The minimum absolute atomic E-state index is 0.166. The van der Waals surface area contributed by atoms with Crippen LogP contribution in [0.15, 0.2) is 55.0 Å². The zero-order chi connectivity index (χ0) is 20.5. The SMILES string of the molecule is C[C@@H](Nc1ncnc(N)c1N)c1cnc2c(F)cccc2c1-c1cccc(F)c1. The molecule has 2 aromatic heterocycles. The Balaban J connectivity index is 1.90. The molecule has 0 radical (unpaired) electrons. The Morgan fingerprint density at radius 2 is 1.79 bits per heavy atom. The van der Waals surface area contributed by atoms with Crippen LogP contribution >= 0.6 is 0 Å². The number of rotatable bonds is 4. The first-order valence-electron chi connectivity index (χ1n) is 8.91. The van der Waals surface area contributed by atoms with Crippen molar-refractivity contribution < 1.29 is 8.78 Å². The Labute approximate surface area is 165 Å². The van der Waals surface area contributed by atoms with Crippen LogP contribution in [0.2, 0.25) is 0 Å². The molecule has 0 bridgehead atoms. The van der Waals surface area contributed by atoms with Crippen molar-refractivity contribution in [3.05, 3.63) is 72.2 Å². The second kappa shape index (κ2) is 7.31. The van der Waals surface area contributed by atoms with E-state index in [1.165, 1.54) is 24.5 Å². The van der Waals surface area contributed by atoms with Crippen molar-refractivity contribution in [1.29, 1.82) is 0 Å². The highest BCUT2D eigenvalue weighted by Crippen LogP contribution is 2.36. The number of aromatic nitrogens is 3. The third-order valence-corrected chi connectivity index (χ3v) is 4.73. The molecule has 0 spiro atoms. The van der Waals surface area contributed by atoms with Crippen LogP contribution in [0.1, 0.15) is 18.5 Å². The normalized spacial score (nSPS) is 12.1. The molecule has 4 aromatic rings. The summed E-state index contributed by atoms with van der Waals surface area (Å²) in [6.07, 6.45) is 2.88. The van der Waals surface area contributed by atoms with E-state index in [0.717, 1.165) is 5.56 Å². The minimum atomic E-state index is -0.444. The van der Waals surface area contributed by atoms with Gasteiger partial charge in [0, 0.05) is 17.1 Å². The smallest absolute Gasteiger partial charge is 0.155 e. The number of hydrogen-bond acceptors (Lipinski definition) is 6. The van der Waals surface area contributed by atoms with Gasteiger partial charge in [0.2, 0.25) is 0 Å². The van der Waals surface area contributed by atoms with Crippen LogP contribution in [0.4, 0.5) is 26.1 Å². The molecule has 29 heavy (non-hydrogen) atoms. The number of halogens is 2. The molecule has 0 amide bonds. The molecule has 2 heterocycles. The predicted molar refractivity (Wildman–Crippen MR) is 110 cm³/mol. The molecule has 5 N–H and O–H groups in total. The molecule has 1 atom stereocenters. The van der Waals surface area contributed by atoms with Crippen molar-refractivity contribution >= 4 is 28.2 Å². The van der Waals surface area contributed by atoms with Gasteiger partial charge < -0.3 is 16.8 Å². The molecular formula is C21H18F2N6.